The molecule has 0 heterocycles. The molecule has 0 unspecified atom stereocenters. The first-order valence-corrected chi connectivity index (χ1v) is 12.1. The molecule has 3 aromatic carbocycles. The van der Waals surface area contributed by atoms with Crippen molar-refractivity contribution >= 4 is 23.6 Å². The van der Waals surface area contributed by atoms with Crippen LogP contribution in [0.3, 0.4) is 0 Å². The number of ether oxygens (including phenoxy) is 2. The van der Waals surface area contributed by atoms with Crippen molar-refractivity contribution in [3.05, 3.63) is 106 Å². The predicted octanol–water partition coefficient (Wildman–Crippen LogP) is 6.25. The van der Waals surface area contributed by atoms with Crippen molar-refractivity contribution in [1.29, 1.82) is 5.26 Å². The van der Waals surface area contributed by atoms with Gasteiger partial charge in [-0.25, -0.2) is 4.79 Å². The van der Waals surface area contributed by atoms with E-state index in [9.17, 15) is 14.9 Å². The highest BCUT2D eigenvalue weighted by Gasteiger charge is 2.16. The van der Waals surface area contributed by atoms with Crippen LogP contribution >= 0.6 is 0 Å². The quantitative estimate of drug-likeness (QED) is 0.179. The number of allylic oxidation sites excluding steroid dienone is 1. The number of nitrogens with one attached hydrogen (secondary N) is 1. The Morgan fingerprint density at radius 2 is 1.82 bits per heavy atom. The van der Waals surface area contributed by atoms with E-state index in [-0.39, 0.29) is 17.7 Å². The molecule has 38 heavy (non-hydrogen) atoms. The van der Waals surface area contributed by atoms with Gasteiger partial charge in [0.1, 0.15) is 18.2 Å². The van der Waals surface area contributed by atoms with Crippen molar-refractivity contribution in [3.63, 3.8) is 0 Å². The molecule has 0 aliphatic rings. The molecule has 3 rings (SSSR count). The van der Waals surface area contributed by atoms with E-state index in [1.54, 1.807) is 24.3 Å². The number of nitrogens with zero attached hydrogens (tertiary/aromatic N) is 1. The van der Waals surface area contributed by atoms with Gasteiger partial charge < -0.3 is 19.9 Å². The van der Waals surface area contributed by atoms with Gasteiger partial charge in [-0.05, 0) is 80.3 Å². The highest BCUT2D eigenvalue weighted by molar-refractivity contribution is 6.10. The molecule has 0 saturated carbocycles. The molecule has 0 aliphatic heterocycles. The van der Waals surface area contributed by atoms with Crippen LogP contribution in [0, 0.1) is 25.2 Å². The maximum Gasteiger partial charge on any atom is 0.335 e. The number of carbonyl (C=O) groups excluding carboxylic acids is 1. The summed E-state index contributed by atoms with van der Waals surface area (Å²) in [6.07, 6.45) is 3.71. The lowest BCUT2D eigenvalue weighted by molar-refractivity contribution is -0.112. The second-order valence-electron chi connectivity index (χ2n) is 8.67. The average molecular weight is 511 g/mol. The van der Waals surface area contributed by atoms with Gasteiger partial charge in [0, 0.05) is 11.3 Å². The number of carboxylic acids is 1. The minimum Gasteiger partial charge on any atom is -0.490 e. The van der Waals surface area contributed by atoms with Crippen molar-refractivity contribution in [1.82, 2.24) is 0 Å². The second-order valence-corrected chi connectivity index (χ2v) is 8.67. The molecule has 7 nitrogen and oxygen atoms in total. The first kappa shape index (κ1) is 27.8. The number of rotatable bonds is 11. The largest absolute Gasteiger partial charge is 0.490 e. The minimum atomic E-state index is -0.993. The lowest BCUT2D eigenvalue weighted by Gasteiger charge is -2.17. The van der Waals surface area contributed by atoms with Crippen LogP contribution in [0.2, 0.25) is 0 Å². The Morgan fingerprint density at radius 3 is 2.42 bits per heavy atom. The molecule has 194 valence electrons. The number of amides is 1. The van der Waals surface area contributed by atoms with Gasteiger partial charge in [0.05, 0.1) is 12.2 Å². The Hall–Kier alpha value is -4.83. The van der Waals surface area contributed by atoms with E-state index in [1.807, 2.05) is 51.1 Å². The molecular weight excluding hydrogens is 480 g/mol. The summed E-state index contributed by atoms with van der Waals surface area (Å²) >= 11 is 0. The van der Waals surface area contributed by atoms with Crippen LogP contribution in [0.5, 0.6) is 11.5 Å². The fraction of sp³-hybridized carbons (Fsp3) is 0.194. The number of aryl methyl sites for hydroxylation is 2. The van der Waals surface area contributed by atoms with E-state index >= 15 is 0 Å². The zero-order valence-corrected chi connectivity index (χ0v) is 21.7. The number of carbonyl (C=O) groups is 2. The van der Waals surface area contributed by atoms with Crippen LogP contribution < -0.4 is 14.8 Å². The predicted molar refractivity (Wildman–Crippen MR) is 147 cm³/mol. The zero-order valence-electron chi connectivity index (χ0n) is 21.7. The molecule has 1 amide bonds. The normalized spacial score (nSPS) is 10.8. The number of aromatic carboxylic acids is 1. The summed E-state index contributed by atoms with van der Waals surface area (Å²) in [7, 11) is 0. The van der Waals surface area contributed by atoms with Crippen LogP contribution in [0.15, 0.2) is 72.8 Å². The topological polar surface area (TPSA) is 109 Å². The van der Waals surface area contributed by atoms with Crippen molar-refractivity contribution < 1.29 is 24.2 Å². The molecule has 0 fully saturated rings. The summed E-state index contributed by atoms with van der Waals surface area (Å²) in [6, 6.07) is 17.7. The van der Waals surface area contributed by atoms with Gasteiger partial charge in [-0.3, -0.25) is 4.79 Å². The highest BCUT2D eigenvalue weighted by atomic mass is 16.5. The SMILES string of the molecule is C=CCc1cc(/C=C(\C#N)C(=O)Nc2ccc(C)cc2C)cc(OCC)c1OCc1ccc(C(=O)O)cc1. The number of hydrogen-bond acceptors (Lipinski definition) is 5. The van der Waals surface area contributed by atoms with E-state index in [2.05, 4.69) is 11.9 Å². The first-order valence-electron chi connectivity index (χ1n) is 12.1. The number of anilines is 1. The zero-order chi connectivity index (χ0) is 27.7. The molecule has 0 atom stereocenters. The summed E-state index contributed by atoms with van der Waals surface area (Å²) in [5.41, 5.74) is 4.94. The monoisotopic (exact) mass is 510 g/mol. The second kappa shape index (κ2) is 12.9. The van der Waals surface area contributed by atoms with Gasteiger partial charge in [0.2, 0.25) is 0 Å². The molecule has 7 heteroatoms. The lowest BCUT2D eigenvalue weighted by atomic mass is 10.0. The average Bonchev–Trinajstić information content (AvgIpc) is 2.89. The van der Waals surface area contributed by atoms with E-state index in [1.165, 1.54) is 18.2 Å². The maximum atomic E-state index is 12.9. The first-order chi connectivity index (χ1) is 18.2. The van der Waals surface area contributed by atoms with E-state index in [0.717, 1.165) is 22.3 Å². The molecule has 0 spiro atoms. The number of hydrogen-bond donors (Lipinski definition) is 2. The Labute approximate surface area is 222 Å². The van der Waals surface area contributed by atoms with Crippen LogP contribution in [-0.4, -0.2) is 23.6 Å². The summed E-state index contributed by atoms with van der Waals surface area (Å²) in [4.78, 5) is 24.0. The third-order valence-corrected chi connectivity index (χ3v) is 5.71. The lowest BCUT2D eigenvalue weighted by Crippen LogP contribution is -2.14. The standard InChI is InChI=1S/C31H30N2O5/c1-5-7-25-15-23(16-26(18-32)30(34)33-27-13-8-20(3)14-21(27)4)17-28(37-6-2)29(25)38-19-22-9-11-24(12-10-22)31(35)36/h5,8-17H,1,6-7,19H2,2-4H3,(H,33,34)(H,35,36)/b26-16+. The molecule has 0 aromatic heterocycles. The Balaban J connectivity index is 1.91. The Morgan fingerprint density at radius 1 is 1.08 bits per heavy atom. The molecule has 0 aliphatic carbocycles. The van der Waals surface area contributed by atoms with Gasteiger partial charge in [-0.1, -0.05) is 35.9 Å². The van der Waals surface area contributed by atoms with Gasteiger partial charge in [0.25, 0.3) is 5.91 Å². The highest BCUT2D eigenvalue weighted by Crippen LogP contribution is 2.35. The third kappa shape index (κ3) is 7.11. The van der Waals surface area contributed by atoms with Crippen molar-refractivity contribution in [2.45, 2.75) is 33.8 Å². The summed E-state index contributed by atoms with van der Waals surface area (Å²) in [5.74, 6) is -0.517. The maximum absolute atomic E-state index is 12.9. The van der Waals surface area contributed by atoms with Crippen molar-refractivity contribution in [2.24, 2.45) is 0 Å². The van der Waals surface area contributed by atoms with Crippen LogP contribution in [-0.2, 0) is 17.8 Å². The van der Waals surface area contributed by atoms with Crippen LogP contribution in [0.1, 0.15) is 45.1 Å². The molecule has 0 radical (unpaired) electrons. The fourth-order valence-electron chi connectivity index (χ4n) is 3.86. The fourth-order valence-corrected chi connectivity index (χ4v) is 3.86. The van der Waals surface area contributed by atoms with E-state index in [0.29, 0.717) is 35.8 Å². The van der Waals surface area contributed by atoms with Gasteiger partial charge >= 0.3 is 5.97 Å². The van der Waals surface area contributed by atoms with E-state index < -0.39 is 11.9 Å². The molecule has 0 saturated heterocycles. The number of carboxylic acid groups (broad SMARTS) is 1. The molecule has 0 bridgehead atoms. The van der Waals surface area contributed by atoms with Gasteiger partial charge in [-0.2, -0.15) is 5.26 Å². The summed E-state index contributed by atoms with van der Waals surface area (Å²) in [5, 5.41) is 21.6. The Kier molecular flexibility index (Phi) is 9.44. The Bertz CT molecular complexity index is 1420. The molecule has 3 aromatic rings. The molecule has 2 N–H and O–H groups in total. The van der Waals surface area contributed by atoms with Gasteiger partial charge in [0.15, 0.2) is 11.5 Å². The summed E-state index contributed by atoms with van der Waals surface area (Å²) < 4.78 is 12.0. The van der Waals surface area contributed by atoms with Crippen molar-refractivity contribution in [2.75, 3.05) is 11.9 Å². The van der Waals surface area contributed by atoms with Crippen LogP contribution in [0.25, 0.3) is 6.08 Å². The number of benzene rings is 3. The smallest absolute Gasteiger partial charge is 0.335 e. The minimum absolute atomic E-state index is 0.0517. The summed E-state index contributed by atoms with van der Waals surface area (Å²) in [6.45, 7) is 10.1. The van der Waals surface area contributed by atoms with Gasteiger partial charge in [-0.15, -0.1) is 6.58 Å². The molecular formula is C31H30N2O5. The number of nitriles is 1. The third-order valence-electron chi connectivity index (χ3n) is 5.71. The van der Waals surface area contributed by atoms with Crippen LogP contribution in [0.4, 0.5) is 5.69 Å². The van der Waals surface area contributed by atoms with Crippen molar-refractivity contribution in [3.8, 4) is 17.6 Å². The van der Waals surface area contributed by atoms with E-state index in [4.69, 9.17) is 14.6 Å².